The third kappa shape index (κ3) is 2.71. The van der Waals surface area contributed by atoms with Gasteiger partial charge in [-0.2, -0.15) is 0 Å². The van der Waals surface area contributed by atoms with E-state index in [1.165, 1.54) is 50.9 Å². The van der Waals surface area contributed by atoms with Crippen LogP contribution < -0.4 is 4.74 Å². The number of fused-ring (bicyclic) bond motifs is 1. The van der Waals surface area contributed by atoms with Crippen molar-refractivity contribution in [2.45, 2.75) is 44.9 Å². The monoisotopic (exact) mass is 311 g/mol. The Bertz CT molecular complexity index is 630. The Balaban J connectivity index is 1.70. The average molecular weight is 311 g/mol. The van der Waals surface area contributed by atoms with Crippen molar-refractivity contribution in [2.24, 2.45) is 11.8 Å². The van der Waals surface area contributed by atoms with Gasteiger partial charge in [-0.3, -0.25) is 0 Å². The lowest BCUT2D eigenvalue weighted by molar-refractivity contribution is 0.292. The molecule has 2 heteroatoms. The summed E-state index contributed by atoms with van der Waals surface area (Å²) in [6.45, 7) is 8.51. The first kappa shape index (κ1) is 15.3. The van der Waals surface area contributed by atoms with E-state index in [0.717, 1.165) is 17.6 Å². The molecule has 23 heavy (non-hydrogen) atoms. The van der Waals surface area contributed by atoms with Crippen molar-refractivity contribution in [3.63, 3.8) is 0 Å². The van der Waals surface area contributed by atoms with Crippen LogP contribution >= 0.6 is 0 Å². The fourth-order valence-electron chi connectivity index (χ4n) is 4.87. The highest BCUT2D eigenvalue weighted by Gasteiger charge is 2.50. The van der Waals surface area contributed by atoms with Crippen LogP contribution in [0, 0.1) is 11.8 Å². The summed E-state index contributed by atoms with van der Waals surface area (Å²) in [5.74, 6) is 2.74. The second kappa shape index (κ2) is 5.66. The molecule has 0 aromatic heterocycles. The number of hydrogen-bond donors (Lipinski definition) is 0. The number of methoxy groups -OCH3 is 1. The first-order valence-corrected chi connectivity index (χ1v) is 9.13. The molecule has 1 aliphatic heterocycles. The molecule has 0 amide bonds. The molecule has 2 unspecified atom stereocenters. The lowest BCUT2D eigenvalue weighted by Gasteiger charge is -2.40. The average Bonchev–Trinajstić information content (AvgIpc) is 3.29. The van der Waals surface area contributed by atoms with Crippen LogP contribution in [0.5, 0.6) is 5.75 Å². The zero-order valence-electron chi connectivity index (χ0n) is 14.8. The van der Waals surface area contributed by atoms with Crippen molar-refractivity contribution in [1.82, 2.24) is 4.90 Å². The molecule has 2 fully saturated rings. The molecule has 1 saturated heterocycles. The molecule has 1 heterocycles. The Morgan fingerprint density at radius 2 is 2.04 bits per heavy atom. The highest BCUT2D eigenvalue weighted by atomic mass is 16.5. The lowest BCUT2D eigenvalue weighted by Crippen LogP contribution is -2.38. The van der Waals surface area contributed by atoms with Crippen LogP contribution in [0.25, 0.3) is 0 Å². The first-order valence-electron chi connectivity index (χ1n) is 9.13. The number of allylic oxidation sites excluding steroid dienone is 2. The van der Waals surface area contributed by atoms with Crippen molar-refractivity contribution in [3.8, 4) is 5.75 Å². The molecular weight excluding hydrogens is 282 g/mol. The maximum atomic E-state index is 5.51. The topological polar surface area (TPSA) is 12.5 Å². The normalized spacial score (nSPS) is 31.3. The van der Waals surface area contributed by atoms with Gasteiger partial charge < -0.3 is 9.64 Å². The molecule has 0 radical (unpaired) electrons. The number of benzene rings is 1. The Kier molecular flexibility index (Phi) is 3.76. The molecule has 0 N–H and O–H groups in total. The number of rotatable bonds is 4. The molecule has 0 bridgehead atoms. The van der Waals surface area contributed by atoms with Gasteiger partial charge in [0.05, 0.1) is 7.11 Å². The van der Waals surface area contributed by atoms with Crippen molar-refractivity contribution in [3.05, 3.63) is 41.0 Å². The first-order chi connectivity index (χ1) is 11.1. The van der Waals surface area contributed by atoms with E-state index in [2.05, 4.69) is 43.0 Å². The molecule has 1 saturated carbocycles. The molecule has 4 rings (SSSR count). The van der Waals surface area contributed by atoms with Crippen LogP contribution in [0.2, 0.25) is 0 Å². The van der Waals surface area contributed by atoms with Crippen molar-refractivity contribution >= 4 is 0 Å². The van der Waals surface area contributed by atoms with Crippen LogP contribution in [0.3, 0.4) is 0 Å². The standard InChI is InChI=1S/C21H29NO/c1-15-9-19-13-22(12-17-7-8-17)14-21(19,11-16(15)2)18-5-4-6-20(10-18)23-3/h4-6,10,17,19H,7-9,11-14H2,1-3H3. The zero-order valence-corrected chi connectivity index (χ0v) is 14.8. The Labute approximate surface area is 140 Å². The Hall–Kier alpha value is -1.28. The Morgan fingerprint density at radius 1 is 1.22 bits per heavy atom. The summed E-state index contributed by atoms with van der Waals surface area (Å²) in [4.78, 5) is 2.76. The van der Waals surface area contributed by atoms with Crippen LogP contribution in [0.4, 0.5) is 0 Å². The molecule has 1 aromatic rings. The van der Waals surface area contributed by atoms with Crippen LogP contribution in [0.15, 0.2) is 35.4 Å². The zero-order chi connectivity index (χ0) is 16.0. The van der Waals surface area contributed by atoms with Gasteiger partial charge in [0.2, 0.25) is 0 Å². The fourth-order valence-corrected chi connectivity index (χ4v) is 4.87. The van der Waals surface area contributed by atoms with Gasteiger partial charge >= 0.3 is 0 Å². The summed E-state index contributed by atoms with van der Waals surface area (Å²) in [5.41, 5.74) is 5.03. The predicted octanol–water partition coefficient (Wildman–Crippen LogP) is 4.41. The van der Waals surface area contributed by atoms with E-state index in [1.807, 2.05) is 0 Å². The fraction of sp³-hybridized carbons (Fsp3) is 0.619. The molecular formula is C21H29NO. The van der Waals surface area contributed by atoms with Gasteiger partial charge in [0.1, 0.15) is 5.75 Å². The van der Waals surface area contributed by atoms with E-state index < -0.39 is 0 Å². The molecule has 0 spiro atoms. The Morgan fingerprint density at radius 3 is 2.78 bits per heavy atom. The quantitative estimate of drug-likeness (QED) is 0.764. The third-order valence-corrected chi connectivity index (χ3v) is 6.49. The second-order valence-corrected chi connectivity index (χ2v) is 8.16. The van der Waals surface area contributed by atoms with E-state index >= 15 is 0 Å². The van der Waals surface area contributed by atoms with E-state index in [-0.39, 0.29) is 0 Å². The SMILES string of the molecule is COc1cccc(C23CC(C)=C(C)CC2CN(CC2CC2)C3)c1. The summed E-state index contributed by atoms with van der Waals surface area (Å²) in [6, 6.07) is 8.87. The van der Waals surface area contributed by atoms with E-state index in [1.54, 1.807) is 18.3 Å². The maximum Gasteiger partial charge on any atom is 0.119 e. The molecule has 2 nitrogen and oxygen atoms in total. The highest BCUT2D eigenvalue weighted by Crippen LogP contribution is 2.51. The van der Waals surface area contributed by atoms with Crippen molar-refractivity contribution < 1.29 is 4.74 Å². The van der Waals surface area contributed by atoms with Gasteiger partial charge in [-0.25, -0.2) is 0 Å². The van der Waals surface area contributed by atoms with E-state index in [4.69, 9.17) is 4.74 Å². The molecule has 2 aliphatic carbocycles. The smallest absolute Gasteiger partial charge is 0.119 e. The van der Waals surface area contributed by atoms with E-state index in [9.17, 15) is 0 Å². The summed E-state index contributed by atoms with van der Waals surface area (Å²) in [6.07, 6.45) is 5.38. The number of likely N-dealkylation sites (tertiary alicyclic amines) is 1. The van der Waals surface area contributed by atoms with Gasteiger partial charge in [-0.05, 0) is 69.1 Å². The lowest BCUT2D eigenvalue weighted by atomic mass is 9.63. The summed E-state index contributed by atoms with van der Waals surface area (Å²) < 4.78 is 5.51. The summed E-state index contributed by atoms with van der Waals surface area (Å²) in [7, 11) is 1.78. The molecule has 1 aromatic carbocycles. The number of nitrogens with zero attached hydrogens (tertiary/aromatic N) is 1. The van der Waals surface area contributed by atoms with Gasteiger partial charge in [0.25, 0.3) is 0 Å². The minimum absolute atomic E-state index is 0.299. The predicted molar refractivity (Wildman–Crippen MR) is 94.9 cm³/mol. The van der Waals surface area contributed by atoms with Crippen LogP contribution in [0.1, 0.15) is 45.1 Å². The number of ether oxygens (including phenoxy) is 1. The molecule has 124 valence electrons. The van der Waals surface area contributed by atoms with Gasteiger partial charge in [-0.15, -0.1) is 0 Å². The van der Waals surface area contributed by atoms with Crippen molar-refractivity contribution in [2.75, 3.05) is 26.7 Å². The van der Waals surface area contributed by atoms with Gasteiger partial charge in [-0.1, -0.05) is 23.3 Å². The molecule has 2 atom stereocenters. The number of hydrogen-bond acceptors (Lipinski definition) is 2. The third-order valence-electron chi connectivity index (χ3n) is 6.49. The minimum Gasteiger partial charge on any atom is -0.497 e. The highest BCUT2D eigenvalue weighted by molar-refractivity contribution is 5.40. The van der Waals surface area contributed by atoms with Gasteiger partial charge in [0.15, 0.2) is 0 Å². The van der Waals surface area contributed by atoms with E-state index in [0.29, 0.717) is 5.41 Å². The molecule has 3 aliphatic rings. The van der Waals surface area contributed by atoms with Crippen LogP contribution in [-0.4, -0.2) is 31.6 Å². The maximum absolute atomic E-state index is 5.51. The summed E-state index contributed by atoms with van der Waals surface area (Å²) >= 11 is 0. The second-order valence-electron chi connectivity index (χ2n) is 8.16. The summed E-state index contributed by atoms with van der Waals surface area (Å²) in [5, 5.41) is 0. The van der Waals surface area contributed by atoms with Crippen LogP contribution in [-0.2, 0) is 5.41 Å². The largest absolute Gasteiger partial charge is 0.497 e. The van der Waals surface area contributed by atoms with Crippen molar-refractivity contribution in [1.29, 1.82) is 0 Å². The van der Waals surface area contributed by atoms with Gasteiger partial charge in [0, 0.05) is 25.0 Å². The minimum atomic E-state index is 0.299.